The van der Waals surface area contributed by atoms with Crippen molar-refractivity contribution in [1.29, 1.82) is 0 Å². The normalized spacial score (nSPS) is 11.5. The van der Waals surface area contributed by atoms with Crippen LogP contribution in [0.5, 0.6) is 0 Å². The molecular formula is C21H23F2N5. The van der Waals surface area contributed by atoms with Gasteiger partial charge >= 0.3 is 0 Å². The van der Waals surface area contributed by atoms with E-state index in [0.717, 1.165) is 24.1 Å². The van der Waals surface area contributed by atoms with Gasteiger partial charge in [0.15, 0.2) is 5.96 Å². The molecule has 3 rings (SSSR count). The third-order valence-electron chi connectivity index (χ3n) is 4.18. The average Bonchev–Trinajstić information content (AvgIpc) is 3.22. The highest BCUT2D eigenvalue weighted by molar-refractivity contribution is 5.79. The van der Waals surface area contributed by atoms with Gasteiger partial charge in [0.1, 0.15) is 11.6 Å². The summed E-state index contributed by atoms with van der Waals surface area (Å²) in [6.45, 7) is 3.71. The van der Waals surface area contributed by atoms with Gasteiger partial charge in [0, 0.05) is 25.5 Å². The highest BCUT2D eigenvalue weighted by Crippen LogP contribution is 2.15. The lowest BCUT2D eigenvalue weighted by molar-refractivity contribution is 0.615. The Labute approximate surface area is 163 Å². The first-order valence-electron chi connectivity index (χ1n) is 9.19. The number of hydrogen-bond donors (Lipinski definition) is 2. The highest BCUT2D eigenvalue weighted by Gasteiger charge is 2.06. The summed E-state index contributed by atoms with van der Waals surface area (Å²) in [5.74, 6) is 0.0987. The zero-order valence-electron chi connectivity index (χ0n) is 15.7. The summed E-state index contributed by atoms with van der Waals surface area (Å²) in [6, 6.07) is 11.5. The molecule has 7 heteroatoms. The van der Waals surface area contributed by atoms with E-state index < -0.39 is 0 Å². The van der Waals surface area contributed by atoms with Crippen LogP contribution in [0.25, 0.3) is 5.69 Å². The van der Waals surface area contributed by atoms with E-state index in [-0.39, 0.29) is 11.6 Å². The number of nitrogens with zero attached hydrogens (tertiary/aromatic N) is 3. The second-order valence-corrected chi connectivity index (χ2v) is 6.25. The first-order chi connectivity index (χ1) is 13.7. The maximum absolute atomic E-state index is 14.3. The van der Waals surface area contributed by atoms with Gasteiger partial charge in [-0.1, -0.05) is 18.2 Å². The highest BCUT2D eigenvalue weighted by atomic mass is 19.1. The summed E-state index contributed by atoms with van der Waals surface area (Å²) in [6.07, 6.45) is 5.62. The maximum atomic E-state index is 14.3. The molecule has 5 nitrogen and oxygen atoms in total. The van der Waals surface area contributed by atoms with Crippen molar-refractivity contribution in [2.24, 2.45) is 4.99 Å². The van der Waals surface area contributed by atoms with Crippen LogP contribution < -0.4 is 10.6 Å². The third kappa shape index (κ3) is 5.39. The quantitative estimate of drug-likeness (QED) is 0.485. The molecule has 28 heavy (non-hydrogen) atoms. The molecule has 0 atom stereocenters. The van der Waals surface area contributed by atoms with Crippen LogP contribution in [0.4, 0.5) is 8.78 Å². The molecule has 0 saturated carbocycles. The molecule has 1 aromatic heterocycles. The molecule has 1 heterocycles. The Morgan fingerprint density at radius 2 is 1.86 bits per heavy atom. The Hall–Kier alpha value is -3.22. The van der Waals surface area contributed by atoms with Crippen molar-refractivity contribution in [2.45, 2.75) is 19.9 Å². The van der Waals surface area contributed by atoms with E-state index in [1.54, 1.807) is 41.5 Å². The van der Waals surface area contributed by atoms with Crippen molar-refractivity contribution >= 4 is 5.96 Å². The number of aliphatic imine (C=N–C) groups is 1. The first kappa shape index (κ1) is 19.5. The average molecular weight is 383 g/mol. The van der Waals surface area contributed by atoms with E-state index in [4.69, 9.17) is 0 Å². The standard InChI is InChI=1S/C21H23F2N5/c1-2-25-21(26-10-9-16-3-6-18(22)7-4-16)27-14-17-5-8-20(19(23)13-17)28-12-11-24-15-28/h3-8,11-13,15H,2,9-10,14H2,1H3,(H2,25,26,27). The summed E-state index contributed by atoms with van der Waals surface area (Å²) in [5.41, 5.74) is 2.27. The number of nitrogens with one attached hydrogen (secondary N) is 2. The second-order valence-electron chi connectivity index (χ2n) is 6.25. The molecule has 3 aromatic rings. The Kier molecular flexibility index (Phi) is 6.73. The van der Waals surface area contributed by atoms with E-state index in [1.165, 1.54) is 18.2 Å². The fraction of sp³-hybridized carbons (Fsp3) is 0.238. The van der Waals surface area contributed by atoms with Crippen LogP contribution in [0.3, 0.4) is 0 Å². The predicted octanol–water partition coefficient (Wildman–Crippen LogP) is 3.45. The van der Waals surface area contributed by atoms with Crippen molar-refractivity contribution in [3.8, 4) is 5.69 Å². The topological polar surface area (TPSA) is 54.2 Å². The zero-order chi connectivity index (χ0) is 19.8. The molecule has 0 aliphatic carbocycles. The number of aromatic nitrogens is 2. The number of imidazole rings is 1. The van der Waals surface area contributed by atoms with Crippen molar-refractivity contribution in [3.05, 3.63) is 83.9 Å². The minimum absolute atomic E-state index is 0.238. The largest absolute Gasteiger partial charge is 0.357 e. The molecule has 0 fully saturated rings. The van der Waals surface area contributed by atoms with Crippen LogP contribution in [-0.2, 0) is 13.0 Å². The summed E-state index contributed by atoms with van der Waals surface area (Å²) in [5, 5.41) is 6.41. The number of halogens is 2. The maximum Gasteiger partial charge on any atom is 0.191 e. The monoisotopic (exact) mass is 383 g/mol. The summed E-state index contributed by atoms with van der Waals surface area (Å²) in [7, 11) is 0. The van der Waals surface area contributed by atoms with E-state index in [1.807, 2.05) is 13.0 Å². The summed E-state index contributed by atoms with van der Waals surface area (Å²) in [4.78, 5) is 8.45. The van der Waals surface area contributed by atoms with Crippen molar-refractivity contribution in [2.75, 3.05) is 13.1 Å². The predicted molar refractivity (Wildman–Crippen MR) is 106 cm³/mol. The van der Waals surface area contributed by atoms with Crippen LogP contribution in [0.2, 0.25) is 0 Å². The van der Waals surface area contributed by atoms with E-state index in [0.29, 0.717) is 24.7 Å². The molecule has 0 amide bonds. The van der Waals surface area contributed by atoms with Gasteiger partial charge in [-0.25, -0.2) is 18.8 Å². The van der Waals surface area contributed by atoms with Gasteiger partial charge in [-0.05, 0) is 48.7 Å². The van der Waals surface area contributed by atoms with Crippen molar-refractivity contribution < 1.29 is 8.78 Å². The van der Waals surface area contributed by atoms with Gasteiger partial charge in [0.2, 0.25) is 0 Å². The molecule has 0 saturated heterocycles. The van der Waals surface area contributed by atoms with Crippen molar-refractivity contribution in [1.82, 2.24) is 20.2 Å². The summed E-state index contributed by atoms with van der Waals surface area (Å²) < 4.78 is 28.9. The lowest BCUT2D eigenvalue weighted by atomic mass is 10.1. The Morgan fingerprint density at radius 3 is 2.54 bits per heavy atom. The molecule has 0 aliphatic rings. The Morgan fingerprint density at radius 1 is 1.07 bits per heavy atom. The van der Waals surface area contributed by atoms with Crippen LogP contribution in [-0.4, -0.2) is 28.6 Å². The van der Waals surface area contributed by atoms with Gasteiger partial charge in [0.25, 0.3) is 0 Å². The van der Waals surface area contributed by atoms with Gasteiger partial charge in [0.05, 0.1) is 18.6 Å². The minimum atomic E-state index is -0.319. The van der Waals surface area contributed by atoms with Crippen LogP contribution in [0, 0.1) is 11.6 Å². The molecule has 0 unspecified atom stereocenters. The third-order valence-corrected chi connectivity index (χ3v) is 4.18. The molecule has 0 aliphatic heterocycles. The smallest absolute Gasteiger partial charge is 0.191 e. The summed E-state index contributed by atoms with van der Waals surface area (Å²) >= 11 is 0. The zero-order valence-corrected chi connectivity index (χ0v) is 15.7. The fourth-order valence-electron chi connectivity index (χ4n) is 2.75. The lowest BCUT2D eigenvalue weighted by Gasteiger charge is -2.12. The number of guanidine groups is 1. The first-order valence-corrected chi connectivity index (χ1v) is 9.19. The molecular weight excluding hydrogens is 360 g/mol. The molecule has 0 bridgehead atoms. The molecule has 146 valence electrons. The Balaban J connectivity index is 1.59. The van der Waals surface area contributed by atoms with Crippen molar-refractivity contribution in [3.63, 3.8) is 0 Å². The minimum Gasteiger partial charge on any atom is -0.357 e. The second kappa shape index (κ2) is 9.64. The molecule has 2 N–H and O–H groups in total. The Bertz CT molecular complexity index is 905. The van der Waals surface area contributed by atoms with Crippen LogP contribution in [0.1, 0.15) is 18.1 Å². The van der Waals surface area contributed by atoms with Gasteiger partial charge in [-0.2, -0.15) is 0 Å². The fourth-order valence-corrected chi connectivity index (χ4v) is 2.75. The van der Waals surface area contributed by atoms with Gasteiger partial charge < -0.3 is 15.2 Å². The molecule has 2 aromatic carbocycles. The van der Waals surface area contributed by atoms with Crippen LogP contribution >= 0.6 is 0 Å². The number of benzene rings is 2. The van der Waals surface area contributed by atoms with Crippen LogP contribution in [0.15, 0.2) is 66.2 Å². The van der Waals surface area contributed by atoms with E-state index >= 15 is 0 Å². The SMILES string of the molecule is CCNC(=NCc1ccc(-n2ccnc2)c(F)c1)NCCc1ccc(F)cc1. The van der Waals surface area contributed by atoms with Gasteiger partial charge in [-0.3, -0.25) is 0 Å². The molecule has 0 spiro atoms. The van der Waals surface area contributed by atoms with E-state index in [9.17, 15) is 8.78 Å². The number of hydrogen-bond acceptors (Lipinski definition) is 2. The number of rotatable bonds is 7. The molecule has 0 radical (unpaired) electrons. The van der Waals surface area contributed by atoms with E-state index in [2.05, 4.69) is 20.6 Å². The van der Waals surface area contributed by atoms with Gasteiger partial charge in [-0.15, -0.1) is 0 Å². The lowest BCUT2D eigenvalue weighted by Crippen LogP contribution is -2.38.